The number of amides is 1. The van der Waals surface area contributed by atoms with Crippen LogP contribution in [-0.2, 0) is 17.6 Å². The van der Waals surface area contributed by atoms with E-state index in [4.69, 9.17) is 4.74 Å². The lowest BCUT2D eigenvalue weighted by molar-refractivity contribution is -0.118. The average molecular weight is 481 g/mol. The highest BCUT2D eigenvalue weighted by atomic mass is 32.2. The highest BCUT2D eigenvalue weighted by Gasteiger charge is 2.17. The van der Waals surface area contributed by atoms with E-state index >= 15 is 0 Å². The molecule has 0 fully saturated rings. The largest absolute Gasteiger partial charge is 0.494 e. The first-order valence-corrected chi connectivity index (χ1v) is 12.5. The number of hydrogen-bond donors (Lipinski definition) is 1. The third-order valence-corrected chi connectivity index (χ3v) is 6.01. The van der Waals surface area contributed by atoms with Crippen LogP contribution in [0.15, 0.2) is 53.7 Å². The van der Waals surface area contributed by atoms with Crippen molar-refractivity contribution in [1.82, 2.24) is 20.1 Å². The summed E-state index contributed by atoms with van der Waals surface area (Å²) in [7, 11) is 0. The maximum absolute atomic E-state index is 12.8. The quantitative estimate of drug-likeness (QED) is 0.303. The molecule has 3 aromatic rings. The number of hydrogen-bond acceptors (Lipinski definition) is 6. The third kappa shape index (κ3) is 7.18. The van der Waals surface area contributed by atoms with Gasteiger partial charge in [-0.25, -0.2) is 0 Å². The van der Waals surface area contributed by atoms with Gasteiger partial charge in [0.1, 0.15) is 11.6 Å². The minimum absolute atomic E-state index is 0.0436. The van der Waals surface area contributed by atoms with Gasteiger partial charge in [-0.05, 0) is 49.1 Å². The summed E-state index contributed by atoms with van der Waals surface area (Å²) in [6.45, 7) is 8.84. The fourth-order valence-corrected chi connectivity index (χ4v) is 4.40. The highest BCUT2D eigenvalue weighted by Crippen LogP contribution is 2.25. The van der Waals surface area contributed by atoms with E-state index in [1.165, 1.54) is 24.2 Å². The molecule has 1 amide bonds. The van der Waals surface area contributed by atoms with Crippen LogP contribution in [0.5, 0.6) is 5.75 Å². The smallest absolute Gasteiger partial charge is 0.216 e. The Bertz CT molecular complexity index is 1090. The first-order valence-electron chi connectivity index (χ1n) is 11.5. The Morgan fingerprint density at radius 1 is 1.06 bits per heavy atom. The van der Waals surface area contributed by atoms with E-state index in [2.05, 4.69) is 29.4 Å². The van der Waals surface area contributed by atoms with Crippen LogP contribution in [0.3, 0.4) is 0 Å². The van der Waals surface area contributed by atoms with E-state index in [0.717, 1.165) is 17.9 Å². The summed E-state index contributed by atoms with van der Waals surface area (Å²) in [6.07, 6.45) is 1.52. The van der Waals surface area contributed by atoms with Gasteiger partial charge in [0.25, 0.3) is 0 Å². The second kappa shape index (κ2) is 12.4. The molecule has 2 aromatic carbocycles. The van der Waals surface area contributed by atoms with Crippen LogP contribution in [-0.4, -0.2) is 45.4 Å². The predicted molar refractivity (Wildman–Crippen MR) is 135 cm³/mol. The number of thioether (sulfide) groups is 1. The zero-order valence-electron chi connectivity index (χ0n) is 20.2. The van der Waals surface area contributed by atoms with Crippen molar-refractivity contribution >= 4 is 23.5 Å². The van der Waals surface area contributed by atoms with Gasteiger partial charge in [0.2, 0.25) is 5.91 Å². The van der Waals surface area contributed by atoms with Crippen LogP contribution in [0.2, 0.25) is 0 Å². The molecule has 0 spiro atoms. The second-order valence-corrected chi connectivity index (χ2v) is 9.34. The topological polar surface area (TPSA) is 86.1 Å². The van der Waals surface area contributed by atoms with Gasteiger partial charge in [0.15, 0.2) is 10.9 Å². The number of aromatic nitrogens is 3. The first-order chi connectivity index (χ1) is 16.4. The monoisotopic (exact) mass is 480 g/mol. The van der Waals surface area contributed by atoms with E-state index in [1.807, 2.05) is 60.0 Å². The van der Waals surface area contributed by atoms with Gasteiger partial charge in [0.05, 0.1) is 12.4 Å². The van der Waals surface area contributed by atoms with Gasteiger partial charge < -0.3 is 10.1 Å². The standard InChI is InChI=1S/C26H32N4O3S/c1-5-33-23-12-10-22(11-13-23)30-25(14-15-27-19(4)31)28-29-26(30)34-17-24(32)21-8-6-20(7-9-21)16-18(2)3/h6-13,18H,5,14-17H2,1-4H3,(H,27,31). The van der Waals surface area contributed by atoms with E-state index in [-0.39, 0.29) is 17.4 Å². The maximum atomic E-state index is 12.8. The van der Waals surface area contributed by atoms with Crippen LogP contribution in [0, 0.1) is 5.92 Å². The number of Topliss-reactive ketones (excluding diaryl/α,β-unsaturated/α-hetero) is 1. The van der Waals surface area contributed by atoms with Crippen molar-refractivity contribution in [3.8, 4) is 11.4 Å². The number of carbonyl (C=O) groups is 2. The Hall–Kier alpha value is -3.13. The number of rotatable bonds is 12. The summed E-state index contributed by atoms with van der Waals surface area (Å²) in [6, 6.07) is 15.5. The summed E-state index contributed by atoms with van der Waals surface area (Å²) < 4.78 is 7.48. The molecule has 0 aliphatic heterocycles. The molecule has 0 aliphatic rings. The van der Waals surface area contributed by atoms with E-state index < -0.39 is 0 Å². The van der Waals surface area contributed by atoms with Gasteiger partial charge in [-0.15, -0.1) is 10.2 Å². The van der Waals surface area contributed by atoms with Gasteiger partial charge in [0, 0.05) is 31.1 Å². The number of nitrogens with zero attached hydrogens (tertiary/aromatic N) is 3. The fourth-order valence-electron chi connectivity index (χ4n) is 3.54. The Morgan fingerprint density at radius 3 is 2.38 bits per heavy atom. The number of benzene rings is 2. The van der Waals surface area contributed by atoms with Crippen molar-refractivity contribution in [2.24, 2.45) is 5.92 Å². The summed E-state index contributed by atoms with van der Waals surface area (Å²) in [5, 5.41) is 12.1. The molecule has 0 aliphatic carbocycles. The van der Waals surface area contributed by atoms with Crippen LogP contribution in [0.1, 0.15) is 49.4 Å². The molecule has 180 valence electrons. The molecule has 1 aromatic heterocycles. The highest BCUT2D eigenvalue weighted by molar-refractivity contribution is 7.99. The normalized spacial score (nSPS) is 11.0. The van der Waals surface area contributed by atoms with Crippen molar-refractivity contribution < 1.29 is 14.3 Å². The molecule has 8 heteroatoms. The summed E-state index contributed by atoms with van der Waals surface area (Å²) >= 11 is 1.36. The molecule has 1 heterocycles. The Balaban J connectivity index is 1.76. The number of carbonyl (C=O) groups excluding carboxylic acids is 2. The van der Waals surface area contributed by atoms with E-state index in [1.54, 1.807) is 0 Å². The van der Waals surface area contributed by atoms with Gasteiger partial charge in [-0.2, -0.15) is 0 Å². The van der Waals surface area contributed by atoms with Gasteiger partial charge >= 0.3 is 0 Å². The summed E-state index contributed by atoms with van der Waals surface area (Å²) in [5.41, 5.74) is 2.80. The maximum Gasteiger partial charge on any atom is 0.216 e. The van der Waals surface area contributed by atoms with Crippen molar-refractivity contribution in [1.29, 1.82) is 0 Å². The summed E-state index contributed by atoms with van der Waals surface area (Å²) in [4.78, 5) is 24.1. The first kappa shape index (κ1) is 25.5. The third-order valence-electron chi connectivity index (χ3n) is 5.08. The molecule has 0 radical (unpaired) electrons. The lowest BCUT2D eigenvalue weighted by Gasteiger charge is -2.11. The predicted octanol–water partition coefficient (Wildman–Crippen LogP) is 4.52. The molecule has 34 heavy (non-hydrogen) atoms. The zero-order valence-corrected chi connectivity index (χ0v) is 21.0. The number of ether oxygens (including phenoxy) is 1. The van der Waals surface area contributed by atoms with Crippen molar-refractivity contribution in [2.45, 2.75) is 45.7 Å². The summed E-state index contributed by atoms with van der Waals surface area (Å²) in [5.74, 6) is 2.28. The molecule has 0 unspecified atom stereocenters. The lowest BCUT2D eigenvalue weighted by atomic mass is 10.0. The average Bonchev–Trinajstić information content (AvgIpc) is 3.21. The SMILES string of the molecule is CCOc1ccc(-n2c(CCNC(C)=O)nnc2SCC(=O)c2ccc(CC(C)C)cc2)cc1. The van der Waals surface area contributed by atoms with Crippen LogP contribution in [0.25, 0.3) is 5.69 Å². The Kier molecular flexibility index (Phi) is 9.27. The molecular formula is C26H32N4O3S. The molecule has 0 saturated carbocycles. The lowest BCUT2D eigenvalue weighted by Crippen LogP contribution is -2.23. The van der Waals surface area contributed by atoms with Crippen LogP contribution in [0.4, 0.5) is 0 Å². The molecular weight excluding hydrogens is 448 g/mol. The number of ketones is 1. The molecule has 0 atom stereocenters. The minimum Gasteiger partial charge on any atom is -0.494 e. The van der Waals surface area contributed by atoms with Crippen LogP contribution >= 0.6 is 11.8 Å². The van der Waals surface area contributed by atoms with Crippen molar-refractivity contribution in [2.75, 3.05) is 18.9 Å². The Morgan fingerprint density at radius 2 is 1.76 bits per heavy atom. The fraction of sp³-hybridized carbons (Fsp3) is 0.385. The number of nitrogens with one attached hydrogen (secondary N) is 1. The van der Waals surface area contributed by atoms with Crippen LogP contribution < -0.4 is 10.1 Å². The molecule has 7 nitrogen and oxygen atoms in total. The Labute approximate surface area is 205 Å². The van der Waals surface area contributed by atoms with Gasteiger partial charge in [-0.3, -0.25) is 14.2 Å². The molecule has 1 N–H and O–H groups in total. The zero-order chi connectivity index (χ0) is 24.5. The second-order valence-electron chi connectivity index (χ2n) is 8.40. The molecule has 0 bridgehead atoms. The van der Waals surface area contributed by atoms with Crippen molar-refractivity contribution in [3.63, 3.8) is 0 Å². The van der Waals surface area contributed by atoms with E-state index in [0.29, 0.717) is 42.0 Å². The van der Waals surface area contributed by atoms with Gasteiger partial charge in [-0.1, -0.05) is 49.9 Å². The van der Waals surface area contributed by atoms with E-state index in [9.17, 15) is 9.59 Å². The molecule has 0 saturated heterocycles. The van der Waals surface area contributed by atoms with Crippen molar-refractivity contribution in [3.05, 3.63) is 65.5 Å². The minimum atomic E-state index is -0.0910. The molecule has 3 rings (SSSR count).